The Labute approximate surface area is 114 Å². The number of hydrogen-bond acceptors (Lipinski definition) is 5. The first kappa shape index (κ1) is 12.2. The van der Waals surface area contributed by atoms with Crippen molar-refractivity contribution in [3.8, 4) is 0 Å². The van der Waals surface area contributed by atoms with Gasteiger partial charge in [-0.25, -0.2) is 15.0 Å². The van der Waals surface area contributed by atoms with Crippen LogP contribution in [0.5, 0.6) is 0 Å². The number of aliphatic hydroxyl groups excluding tert-OH is 1. The highest BCUT2D eigenvalue weighted by atomic mass is 32.2. The summed E-state index contributed by atoms with van der Waals surface area (Å²) in [5, 5.41) is 9.99. The van der Waals surface area contributed by atoms with E-state index in [1.54, 1.807) is 24.2 Å². The number of fused-ring (bicyclic) bond motifs is 1. The molecule has 0 spiro atoms. The van der Waals surface area contributed by atoms with Crippen LogP contribution >= 0.6 is 11.8 Å². The standard InChI is InChI=1S/C12H13N5OS/c1-16-10(7-18)5-14-12(16)19-8-9-6-17-4-2-3-13-11(17)15-9/h2-6,18H,7-8H2,1H3. The molecule has 1 N–H and O–H groups in total. The van der Waals surface area contributed by atoms with E-state index in [0.717, 1.165) is 22.3 Å². The van der Waals surface area contributed by atoms with E-state index in [1.165, 1.54) is 0 Å². The zero-order valence-corrected chi connectivity index (χ0v) is 11.2. The van der Waals surface area contributed by atoms with Crippen LogP contribution in [0.1, 0.15) is 11.4 Å². The maximum atomic E-state index is 9.12. The van der Waals surface area contributed by atoms with E-state index in [2.05, 4.69) is 15.0 Å². The summed E-state index contributed by atoms with van der Waals surface area (Å²) in [6.45, 7) is 0.00233. The van der Waals surface area contributed by atoms with Crippen LogP contribution in [0, 0.1) is 0 Å². The molecule has 7 heteroatoms. The van der Waals surface area contributed by atoms with Crippen molar-refractivity contribution in [2.75, 3.05) is 0 Å². The number of nitrogens with zero attached hydrogens (tertiary/aromatic N) is 5. The summed E-state index contributed by atoms with van der Waals surface area (Å²) in [6, 6.07) is 1.87. The largest absolute Gasteiger partial charge is 0.390 e. The minimum atomic E-state index is 0.00233. The highest BCUT2D eigenvalue weighted by Crippen LogP contribution is 2.21. The Morgan fingerprint density at radius 1 is 1.37 bits per heavy atom. The molecule has 0 fully saturated rings. The van der Waals surface area contributed by atoms with Gasteiger partial charge in [-0.2, -0.15) is 0 Å². The van der Waals surface area contributed by atoms with Gasteiger partial charge in [-0.3, -0.25) is 4.40 Å². The van der Waals surface area contributed by atoms with E-state index in [-0.39, 0.29) is 6.61 Å². The molecule has 0 aliphatic rings. The van der Waals surface area contributed by atoms with Crippen molar-refractivity contribution in [3.05, 3.63) is 42.2 Å². The van der Waals surface area contributed by atoms with Crippen molar-refractivity contribution in [2.24, 2.45) is 7.05 Å². The summed E-state index contributed by atoms with van der Waals surface area (Å²) in [5.41, 5.74) is 1.76. The van der Waals surface area contributed by atoms with Crippen molar-refractivity contribution < 1.29 is 5.11 Å². The Kier molecular flexibility index (Phi) is 3.22. The Balaban J connectivity index is 1.76. The Hall–Kier alpha value is -1.86. The predicted octanol–water partition coefficient (Wildman–Crippen LogP) is 1.25. The van der Waals surface area contributed by atoms with Gasteiger partial charge in [-0.05, 0) is 6.07 Å². The minimum absolute atomic E-state index is 0.00233. The number of aliphatic hydroxyl groups is 1. The van der Waals surface area contributed by atoms with E-state index in [9.17, 15) is 0 Å². The molecule has 0 atom stereocenters. The Bertz CT molecular complexity index is 672. The lowest BCUT2D eigenvalue weighted by molar-refractivity contribution is 0.271. The third-order valence-electron chi connectivity index (χ3n) is 2.84. The maximum absolute atomic E-state index is 9.12. The van der Waals surface area contributed by atoms with Crippen LogP contribution in [0.3, 0.4) is 0 Å². The fourth-order valence-electron chi connectivity index (χ4n) is 1.79. The third-order valence-corrected chi connectivity index (χ3v) is 3.92. The van der Waals surface area contributed by atoms with Gasteiger partial charge in [-0.1, -0.05) is 11.8 Å². The lowest BCUT2D eigenvalue weighted by Gasteiger charge is -2.02. The van der Waals surface area contributed by atoms with E-state index in [4.69, 9.17) is 5.11 Å². The van der Waals surface area contributed by atoms with Crippen LogP contribution in [-0.2, 0) is 19.4 Å². The molecule has 98 valence electrons. The molecule has 0 saturated carbocycles. The van der Waals surface area contributed by atoms with Crippen molar-refractivity contribution in [3.63, 3.8) is 0 Å². The zero-order chi connectivity index (χ0) is 13.2. The van der Waals surface area contributed by atoms with Gasteiger partial charge in [0.1, 0.15) is 0 Å². The minimum Gasteiger partial charge on any atom is -0.390 e. The fourth-order valence-corrected chi connectivity index (χ4v) is 2.65. The quantitative estimate of drug-likeness (QED) is 0.726. The molecule has 0 saturated heterocycles. The Morgan fingerprint density at radius 3 is 3.00 bits per heavy atom. The molecule has 3 aromatic heterocycles. The van der Waals surface area contributed by atoms with Gasteiger partial charge in [0.05, 0.1) is 24.2 Å². The first-order valence-electron chi connectivity index (χ1n) is 5.81. The van der Waals surface area contributed by atoms with Crippen LogP contribution < -0.4 is 0 Å². The summed E-state index contributed by atoms with van der Waals surface area (Å²) in [4.78, 5) is 12.9. The molecule has 3 heterocycles. The number of hydrogen-bond donors (Lipinski definition) is 1. The van der Waals surface area contributed by atoms with Gasteiger partial charge in [0.15, 0.2) is 5.16 Å². The first-order valence-corrected chi connectivity index (χ1v) is 6.79. The van der Waals surface area contributed by atoms with Crippen LogP contribution in [0.4, 0.5) is 0 Å². The summed E-state index contributed by atoms with van der Waals surface area (Å²) in [5.74, 6) is 1.42. The molecule has 0 unspecified atom stereocenters. The average Bonchev–Trinajstić information content (AvgIpc) is 2.99. The van der Waals surface area contributed by atoms with Gasteiger partial charge in [0.2, 0.25) is 5.78 Å². The summed E-state index contributed by atoms with van der Waals surface area (Å²) >= 11 is 1.59. The second-order valence-corrected chi connectivity index (χ2v) is 5.04. The predicted molar refractivity (Wildman–Crippen MR) is 71.7 cm³/mol. The highest BCUT2D eigenvalue weighted by molar-refractivity contribution is 7.98. The lowest BCUT2D eigenvalue weighted by atomic mass is 10.5. The van der Waals surface area contributed by atoms with E-state index >= 15 is 0 Å². The van der Waals surface area contributed by atoms with Crippen LogP contribution in [0.15, 0.2) is 36.0 Å². The molecular weight excluding hydrogens is 262 g/mol. The second kappa shape index (κ2) is 5.02. The average molecular weight is 275 g/mol. The molecule has 0 bridgehead atoms. The fraction of sp³-hybridized carbons (Fsp3) is 0.250. The maximum Gasteiger partial charge on any atom is 0.233 e. The number of rotatable bonds is 4. The molecular formula is C12H13N5OS. The SMILES string of the molecule is Cn1c(CO)cnc1SCc1cn2cccnc2n1. The van der Waals surface area contributed by atoms with E-state index in [1.807, 2.05) is 34.5 Å². The van der Waals surface area contributed by atoms with E-state index in [0.29, 0.717) is 5.78 Å². The van der Waals surface area contributed by atoms with E-state index < -0.39 is 0 Å². The summed E-state index contributed by atoms with van der Waals surface area (Å²) in [6.07, 6.45) is 7.30. The van der Waals surface area contributed by atoms with Crippen molar-refractivity contribution in [1.29, 1.82) is 0 Å². The smallest absolute Gasteiger partial charge is 0.233 e. The molecule has 19 heavy (non-hydrogen) atoms. The van der Waals surface area contributed by atoms with Crippen LogP contribution in [0.25, 0.3) is 5.78 Å². The normalized spacial score (nSPS) is 11.3. The first-order chi connectivity index (χ1) is 9.28. The molecule has 3 aromatic rings. The van der Waals surface area contributed by atoms with Crippen molar-refractivity contribution in [2.45, 2.75) is 17.5 Å². The number of aromatic nitrogens is 5. The molecule has 0 radical (unpaired) electrons. The number of thioether (sulfide) groups is 1. The molecule has 6 nitrogen and oxygen atoms in total. The van der Waals surface area contributed by atoms with Gasteiger partial charge < -0.3 is 9.67 Å². The second-order valence-electron chi connectivity index (χ2n) is 4.10. The van der Waals surface area contributed by atoms with Gasteiger partial charge in [0, 0.05) is 31.4 Å². The molecule has 0 amide bonds. The summed E-state index contributed by atoms with van der Waals surface area (Å²) in [7, 11) is 1.89. The Morgan fingerprint density at radius 2 is 2.26 bits per heavy atom. The highest BCUT2D eigenvalue weighted by Gasteiger charge is 2.08. The molecule has 0 aromatic carbocycles. The van der Waals surface area contributed by atoms with Crippen LogP contribution in [-0.4, -0.2) is 29.0 Å². The van der Waals surface area contributed by atoms with Crippen molar-refractivity contribution >= 4 is 17.5 Å². The topological polar surface area (TPSA) is 68.2 Å². The van der Waals surface area contributed by atoms with Gasteiger partial charge in [0.25, 0.3) is 0 Å². The number of imidazole rings is 2. The summed E-state index contributed by atoms with van der Waals surface area (Å²) < 4.78 is 3.78. The van der Waals surface area contributed by atoms with Gasteiger partial charge in [-0.15, -0.1) is 0 Å². The molecule has 0 aliphatic carbocycles. The monoisotopic (exact) mass is 275 g/mol. The van der Waals surface area contributed by atoms with Crippen LogP contribution in [0.2, 0.25) is 0 Å². The molecule has 3 rings (SSSR count). The third kappa shape index (κ3) is 2.34. The van der Waals surface area contributed by atoms with Gasteiger partial charge >= 0.3 is 0 Å². The zero-order valence-electron chi connectivity index (χ0n) is 10.4. The molecule has 0 aliphatic heterocycles. The van der Waals surface area contributed by atoms with Crippen molar-refractivity contribution in [1.82, 2.24) is 23.9 Å². The lowest BCUT2D eigenvalue weighted by Crippen LogP contribution is -1.97.